The lowest BCUT2D eigenvalue weighted by molar-refractivity contribution is 0.0989. The maximum absolute atomic E-state index is 12.7. The van der Waals surface area contributed by atoms with Crippen LogP contribution < -0.4 is 9.62 Å². The molecule has 0 unspecified atom stereocenters. The molecular weight excluding hydrogens is 344 g/mol. The van der Waals surface area contributed by atoms with E-state index in [1.54, 1.807) is 23.1 Å². The highest BCUT2D eigenvalue weighted by molar-refractivity contribution is 7.92. The number of hydrogen-bond donors (Lipinski definition) is 1. The van der Waals surface area contributed by atoms with Crippen molar-refractivity contribution in [1.29, 1.82) is 0 Å². The molecule has 0 saturated heterocycles. The second-order valence-corrected chi connectivity index (χ2v) is 8.27. The van der Waals surface area contributed by atoms with Crippen LogP contribution in [-0.4, -0.2) is 26.6 Å². The molecule has 2 aromatic rings. The van der Waals surface area contributed by atoms with E-state index in [4.69, 9.17) is 0 Å². The van der Waals surface area contributed by atoms with Crippen molar-refractivity contribution in [1.82, 2.24) is 0 Å². The van der Waals surface area contributed by atoms with Crippen LogP contribution >= 0.6 is 11.3 Å². The highest BCUT2D eigenvalue weighted by atomic mass is 32.2. The summed E-state index contributed by atoms with van der Waals surface area (Å²) in [5.41, 5.74) is 2.29. The van der Waals surface area contributed by atoms with Crippen molar-refractivity contribution in [3.05, 3.63) is 58.8 Å². The van der Waals surface area contributed by atoms with Gasteiger partial charge in [0.05, 0.1) is 16.3 Å². The number of nitrogens with zero attached hydrogens (tertiary/aromatic N) is 1. The predicted octanol–water partition coefficient (Wildman–Crippen LogP) is 3.27. The second kappa shape index (κ2) is 6.78. The van der Waals surface area contributed by atoms with Crippen molar-refractivity contribution >= 4 is 38.6 Å². The SMILES string of the molecule is C=CCS(=O)(=O)Nc1ccc2c(c1)N(C(=O)c1cccs1)CCC2. The summed E-state index contributed by atoms with van der Waals surface area (Å²) in [4.78, 5) is 15.1. The van der Waals surface area contributed by atoms with Gasteiger partial charge in [-0.3, -0.25) is 9.52 Å². The summed E-state index contributed by atoms with van der Waals surface area (Å²) in [5.74, 6) is -0.195. The average molecular weight is 362 g/mol. The minimum Gasteiger partial charge on any atom is -0.307 e. The van der Waals surface area contributed by atoms with Crippen LogP contribution in [0.2, 0.25) is 0 Å². The molecule has 1 aromatic carbocycles. The largest absolute Gasteiger partial charge is 0.307 e. The van der Waals surface area contributed by atoms with E-state index in [1.165, 1.54) is 17.4 Å². The number of benzene rings is 1. The first kappa shape index (κ1) is 16.7. The van der Waals surface area contributed by atoms with E-state index in [2.05, 4.69) is 11.3 Å². The van der Waals surface area contributed by atoms with Gasteiger partial charge in [-0.05, 0) is 42.0 Å². The van der Waals surface area contributed by atoms with Gasteiger partial charge in [-0.25, -0.2) is 8.42 Å². The maximum atomic E-state index is 12.7. The van der Waals surface area contributed by atoms with Gasteiger partial charge in [-0.1, -0.05) is 18.2 Å². The molecule has 2 heterocycles. The van der Waals surface area contributed by atoms with Gasteiger partial charge in [-0.2, -0.15) is 0 Å². The molecule has 0 atom stereocenters. The van der Waals surface area contributed by atoms with Gasteiger partial charge in [0.1, 0.15) is 0 Å². The Balaban J connectivity index is 1.93. The molecule has 5 nitrogen and oxygen atoms in total. The standard InChI is InChI=1S/C17H18N2O3S2/c1-2-11-24(21,22)18-14-8-7-13-5-3-9-19(15(13)12-14)17(20)16-6-4-10-23-16/h2,4,6-8,10,12,18H,1,3,5,9,11H2. The molecular formula is C17H18N2O3S2. The van der Waals surface area contributed by atoms with Crippen LogP contribution in [0.25, 0.3) is 0 Å². The van der Waals surface area contributed by atoms with Crippen LogP contribution in [0.4, 0.5) is 11.4 Å². The lowest BCUT2D eigenvalue weighted by atomic mass is 10.0. The Bertz CT molecular complexity index is 858. The van der Waals surface area contributed by atoms with Gasteiger partial charge < -0.3 is 4.90 Å². The summed E-state index contributed by atoms with van der Waals surface area (Å²) in [5, 5.41) is 1.87. The summed E-state index contributed by atoms with van der Waals surface area (Å²) in [6.45, 7) is 4.08. The zero-order chi connectivity index (χ0) is 17.2. The van der Waals surface area contributed by atoms with Crippen LogP contribution in [0.15, 0.2) is 48.4 Å². The van der Waals surface area contributed by atoms with Crippen molar-refractivity contribution in [2.45, 2.75) is 12.8 Å². The Morgan fingerprint density at radius 3 is 2.92 bits per heavy atom. The lowest BCUT2D eigenvalue weighted by Gasteiger charge is -2.29. The predicted molar refractivity (Wildman–Crippen MR) is 98.4 cm³/mol. The molecule has 1 amide bonds. The van der Waals surface area contributed by atoms with Crippen molar-refractivity contribution < 1.29 is 13.2 Å². The number of fused-ring (bicyclic) bond motifs is 1. The van der Waals surface area contributed by atoms with Crippen LogP contribution in [0.5, 0.6) is 0 Å². The fourth-order valence-corrected chi connectivity index (χ4v) is 4.31. The number of thiophene rings is 1. The highest BCUT2D eigenvalue weighted by Crippen LogP contribution is 2.32. The number of carbonyl (C=O) groups is 1. The number of nitrogens with one attached hydrogen (secondary N) is 1. The topological polar surface area (TPSA) is 66.5 Å². The fourth-order valence-electron chi connectivity index (χ4n) is 2.76. The smallest absolute Gasteiger partial charge is 0.268 e. The lowest BCUT2D eigenvalue weighted by Crippen LogP contribution is -2.35. The number of anilines is 2. The molecule has 1 aromatic heterocycles. The van der Waals surface area contributed by atoms with Crippen LogP contribution in [0.3, 0.4) is 0 Å². The Kier molecular flexibility index (Phi) is 4.73. The molecule has 24 heavy (non-hydrogen) atoms. The number of rotatable bonds is 5. The van der Waals surface area contributed by atoms with E-state index in [0.717, 1.165) is 24.1 Å². The first-order valence-electron chi connectivity index (χ1n) is 7.60. The molecule has 126 valence electrons. The first-order valence-corrected chi connectivity index (χ1v) is 10.1. The molecule has 3 rings (SSSR count). The number of sulfonamides is 1. The normalized spacial score (nSPS) is 14.1. The molecule has 0 fully saturated rings. The Hall–Kier alpha value is -2.12. The van der Waals surface area contributed by atoms with Gasteiger partial charge in [0.25, 0.3) is 5.91 Å². The zero-order valence-electron chi connectivity index (χ0n) is 13.1. The van der Waals surface area contributed by atoms with Crippen LogP contribution in [-0.2, 0) is 16.4 Å². The number of carbonyl (C=O) groups excluding carboxylic acids is 1. The van der Waals surface area contributed by atoms with E-state index < -0.39 is 10.0 Å². The van der Waals surface area contributed by atoms with E-state index in [9.17, 15) is 13.2 Å². The molecule has 7 heteroatoms. The Morgan fingerprint density at radius 1 is 1.38 bits per heavy atom. The monoisotopic (exact) mass is 362 g/mol. The molecule has 0 spiro atoms. The summed E-state index contributed by atoms with van der Waals surface area (Å²) in [7, 11) is -3.46. The summed E-state index contributed by atoms with van der Waals surface area (Å²) < 4.78 is 26.3. The van der Waals surface area contributed by atoms with Crippen molar-refractivity contribution in [2.24, 2.45) is 0 Å². The summed E-state index contributed by atoms with van der Waals surface area (Å²) in [6.07, 6.45) is 3.11. The summed E-state index contributed by atoms with van der Waals surface area (Å²) >= 11 is 1.41. The van der Waals surface area contributed by atoms with Gasteiger partial charge >= 0.3 is 0 Å². The fraction of sp³-hybridized carbons (Fsp3) is 0.235. The van der Waals surface area contributed by atoms with Crippen LogP contribution in [0, 0.1) is 0 Å². The van der Waals surface area contributed by atoms with Gasteiger partial charge in [0, 0.05) is 12.2 Å². The van der Waals surface area contributed by atoms with Gasteiger partial charge in [-0.15, -0.1) is 17.9 Å². The van der Waals surface area contributed by atoms with Gasteiger partial charge in [0.2, 0.25) is 10.0 Å². The van der Waals surface area contributed by atoms with Crippen molar-refractivity contribution in [3.8, 4) is 0 Å². The minimum atomic E-state index is -3.46. The number of aryl methyl sites for hydroxylation is 1. The second-order valence-electron chi connectivity index (χ2n) is 5.55. The van der Waals surface area contributed by atoms with E-state index in [-0.39, 0.29) is 11.7 Å². The summed E-state index contributed by atoms with van der Waals surface area (Å²) in [6, 6.07) is 9.01. The van der Waals surface area contributed by atoms with Gasteiger partial charge in [0.15, 0.2) is 0 Å². The number of hydrogen-bond acceptors (Lipinski definition) is 4. The molecule has 0 bridgehead atoms. The zero-order valence-corrected chi connectivity index (χ0v) is 14.7. The van der Waals surface area contributed by atoms with Crippen molar-refractivity contribution in [3.63, 3.8) is 0 Å². The molecule has 1 aliphatic heterocycles. The average Bonchev–Trinajstić information content (AvgIpc) is 3.07. The van der Waals surface area contributed by atoms with E-state index in [0.29, 0.717) is 17.1 Å². The molecule has 0 aliphatic carbocycles. The third-order valence-corrected chi connectivity index (χ3v) is 5.87. The maximum Gasteiger partial charge on any atom is 0.268 e. The number of amides is 1. The molecule has 1 N–H and O–H groups in total. The van der Waals surface area contributed by atoms with E-state index >= 15 is 0 Å². The quantitative estimate of drug-likeness (QED) is 0.830. The Labute approximate surface area is 145 Å². The Morgan fingerprint density at radius 2 is 2.21 bits per heavy atom. The third kappa shape index (κ3) is 3.52. The van der Waals surface area contributed by atoms with Crippen LogP contribution in [0.1, 0.15) is 21.7 Å². The third-order valence-electron chi connectivity index (χ3n) is 3.79. The molecule has 1 aliphatic rings. The first-order chi connectivity index (χ1) is 11.5. The molecule has 0 radical (unpaired) electrons. The minimum absolute atomic E-state index is 0.0444. The molecule has 0 saturated carbocycles. The van der Waals surface area contributed by atoms with Crippen molar-refractivity contribution in [2.75, 3.05) is 21.9 Å². The highest BCUT2D eigenvalue weighted by Gasteiger charge is 2.24. The van der Waals surface area contributed by atoms with E-state index in [1.807, 2.05) is 17.5 Å².